The standard InChI is InChI=1S/C23H21N5O3/c1-14-9-20(17-10-21-22(31-13-30-21)11-19(17)24-14)26-25-15(2)18-12-27(3)28(23(18)29)16-7-5-4-6-8-16/h4-12H,13H2,1-3H3,(H,24,26)/b25-15-. The second-order valence-electron chi connectivity index (χ2n) is 7.41. The third-order valence-corrected chi connectivity index (χ3v) is 5.22. The number of rotatable bonds is 4. The summed E-state index contributed by atoms with van der Waals surface area (Å²) >= 11 is 0. The fourth-order valence-electron chi connectivity index (χ4n) is 3.72. The van der Waals surface area contributed by atoms with E-state index in [-0.39, 0.29) is 12.4 Å². The summed E-state index contributed by atoms with van der Waals surface area (Å²) in [6.07, 6.45) is 1.78. The number of hydrogen-bond acceptors (Lipinski definition) is 6. The molecule has 8 heteroatoms. The van der Waals surface area contributed by atoms with Gasteiger partial charge < -0.3 is 9.47 Å². The van der Waals surface area contributed by atoms with Crippen LogP contribution in [-0.4, -0.2) is 26.9 Å². The number of nitrogens with zero attached hydrogens (tertiary/aromatic N) is 4. The maximum atomic E-state index is 13.0. The molecule has 0 saturated carbocycles. The molecule has 0 radical (unpaired) electrons. The highest BCUT2D eigenvalue weighted by molar-refractivity contribution is 6.00. The Balaban J connectivity index is 1.52. The van der Waals surface area contributed by atoms with Gasteiger partial charge >= 0.3 is 0 Å². The summed E-state index contributed by atoms with van der Waals surface area (Å²) in [5, 5.41) is 5.36. The zero-order valence-electron chi connectivity index (χ0n) is 17.4. The van der Waals surface area contributed by atoms with Crippen molar-refractivity contribution in [3.63, 3.8) is 0 Å². The van der Waals surface area contributed by atoms with Crippen molar-refractivity contribution in [2.24, 2.45) is 12.1 Å². The minimum absolute atomic E-state index is 0.129. The Morgan fingerprint density at radius 2 is 1.87 bits per heavy atom. The van der Waals surface area contributed by atoms with Gasteiger partial charge in [0.05, 0.1) is 28.2 Å². The van der Waals surface area contributed by atoms with Crippen molar-refractivity contribution < 1.29 is 9.47 Å². The molecule has 0 aliphatic carbocycles. The van der Waals surface area contributed by atoms with Crippen LogP contribution in [0, 0.1) is 6.92 Å². The van der Waals surface area contributed by atoms with Gasteiger partial charge in [-0.15, -0.1) is 0 Å². The third-order valence-electron chi connectivity index (χ3n) is 5.22. The average molecular weight is 415 g/mol. The number of aryl methyl sites for hydroxylation is 2. The van der Waals surface area contributed by atoms with E-state index in [1.165, 1.54) is 0 Å². The predicted molar refractivity (Wildman–Crippen MR) is 119 cm³/mol. The van der Waals surface area contributed by atoms with Crippen LogP contribution in [0.15, 0.2) is 64.6 Å². The number of ether oxygens (including phenoxy) is 2. The second kappa shape index (κ2) is 7.32. The lowest BCUT2D eigenvalue weighted by Gasteiger charge is -2.09. The van der Waals surface area contributed by atoms with Gasteiger partial charge in [0.25, 0.3) is 5.56 Å². The molecule has 0 atom stereocenters. The fourth-order valence-corrected chi connectivity index (χ4v) is 3.72. The molecule has 2 aromatic carbocycles. The molecule has 156 valence electrons. The molecule has 4 aromatic rings. The number of anilines is 1. The van der Waals surface area contributed by atoms with Gasteiger partial charge in [0.15, 0.2) is 11.5 Å². The predicted octanol–water partition coefficient (Wildman–Crippen LogP) is 3.60. The molecule has 0 fully saturated rings. The van der Waals surface area contributed by atoms with Gasteiger partial charge in [0.1, 0.15) is 0 Å². The smallest absolute Gasteiger partial charge is 0.280 e. The Labute approximate surface area is 178 Å². The summed E-state index contributed by atoms with van der Waals surface area (Å²) in [5.41, 5.74) is 7.28. The monoisotopic (exact) mass is 415 g/mol. The van der Waals surface area contributed by atoms with Gasteiger partial charge in [0, 0.05) is 30.4 Å². The number of pyridine rings is 1. The molecule has 31 heavy (non-hydrogen) atoms. The number of aromatic nitrogens is 3. The minimum atomic E-state index is -0.129. The molecule has 1 aliphatic rings. The Kier molecular flexibility index (Phi) is 4.47. The van der Waals surface area contributed by atoms with Crippen LogP contribution in [0.5, 0.6) is 11.5 Å². The average Bonchev–Trinajstić information content (AvgIpc) is 3.34. The number of hydrazone groups is 1. The van der Waals surface area contributed by atoms with Crippen molar-refractivity contribution in [2.75, 3.05) is 12.2 Å². The van der Waals surface area contributed by atoms with Crippen LogP contribution in [0.3, 0.4) is 0 Å². The second-order valence-corrected chi connectivity index (χ2v) is 7.41. The molecule has 0 bridgehead atoms. The topological polar surface area (TPSA) is 82.7 Å². The molecule has 5 rings (SSSR count). The number of hydrogen-bond donors (Lipinski definition) is 1. The summed E-state index contributed by atoms with van der Waals surface area (Å²) in [7, 11) is 1.83. The Hall–Kier alpha value is -4.07. The normalized spacial score (nSPS) is 13.1. The van der Waals surface area contributed by atoms with Gasteiger partial charge in [-0.25, -0.2) is 4.68 Å². The summed E-state index contributed by atoms with van der Waals surface area (Å²) in [4.78, 5) is 17.6. The first-order valence-corrected chi connectivity index (χ1v) is 9.87. The number of nitrogens with one attached hydrogen (secondary N) is 1. The van der Waals surface area contributed by atoms with E-state index < -0.39 is 0 Å². The van der Waals surface area contributed by atoms with Crippen LogP contribution in [0.2, 0.25) is 0 Å². The molecule has 3 heterocycles. The summed E-state index contributed by atoms with van der Waals surface area (Å²) in [6.45, 7) is 3.93. The number of para-hydroxylation sites is 1. The molecule has 8 nitrogen and oxygen atoms in total. The van der Waals surface area contributed by atoms with Crippen molar-refractivity contribution >= 4 is 22.3 Å². The van der Waals surface area contributed by atoms with Crippen molar-refractivity contribution in [3.8, 4) is 17.2 Å². The zero-order valence-corrected chi connectivity index (χ0v) is 17.4. The highest BCUT2D eigenvalue weighted by Gasteiger charge is 2.17. The zero-order chi connectivity index (χ0) is 21.5. The van der Waals surface area contributed by atoms with E-state index in [0.717, 1.165) is 28.0 Å². The molecule has 0 amide bonds. The van der Waals surface area contributed by atoms with Gasteiger partial charge in [0.2, 0.25) is 6.79 Å². The van der Waals surface area contributed by atoms with E-state index in [1.807, 2.05) is 69.4 Å². The van der Waals surface area contributed by atoms with Crippen LogP contribution < -0.4 is 20.5 Å². The SMILES string of the molecule is C/C(=N/Nc1cc(C)nc2cc3c(cc12)OCO3)c1cn(C)n(-c2ccccc2)c1=O. The van der Waals surface area contributed by atoms with Crippen molar-refractivity contribution in [1.29, 1.82) is 0 Å². The maximum Gasteiger partial charge on any atom is 0.280 e. The molecule has 1 aliphatic heterocycles. The lowest BCUT2D eigenvalue weighted by molar-refractivity contribution is 0.174. The largest absolute Gasteiger partial charge is 0.454 e. The number of fused-ring (bicyclic) bond motifs is 2. The van der Waals surface area contributed by atoms with Crippen LogP contribution in [0.25, 0.3) is 16.6 Å². The van der Waals surface area contributed by atoms with Crippen LogP contribution >= 0.6 is 0 Å². The first-order chi connectivity index (χ1) is 15.0. The van der Waals surface area contributed by atoms with Crippen LogP contribution in [0.4, 0.5) is 5.69 Å². The highest BCUT2D eigenvalue weighted by Crippen LogP contribution is 2.38. The summed E-state index contributed by atoms with van der Waals surface area (Å²) in [5.74, 6) is 1.36. The minimum Gasteiger partial charge on any atom is -0.454 e. The first-order valence-electron chi connectivity index (χ1n) is 9.87. The van der Waals surface area contributed by atoms with Crippen molar-refractivity contribution in [1.82, 2.24) is 14.3 Å². The van der Waals surface area contributed by atoms with Gasteiger partial charge in [-0.3, -0.25) is 19.9 Å². The van der Waals surface area contributed by atoms with Crippen LogP contribution in [0.1, 0.15) is 18.2 Å². The quantitative estimate of drug-likeness (QED) is 0.407. The molecular weight excluding hydrogens is 394 g/mol. The Bertz CT molecular complexity index is 1390. The molecule has 2 aromatic heterocycles. The van der Waals surface area contributed by atoms with Crippen molar-refractivity contribution in [3.05, 3.63) is 76.3 Å². The highest BCUT2D eigenvalue weighted by atomic mass is 16.7. The van der Waals surface area contributed by atoms with Gasteiger partial charge in [-0.2, -0.15) is 5.10 Å². The summed E-state index contributed by atoms with van der Waals surface area (Å²) < 4.78 is 14.3. The molecule has 0 spiro atoms. The van der Waals surface area contributed by atoms with Crippen LogP contribution in [-0.2, 0) is 7.05 Å². The molecular formula is C23H21N5O3. The van der Waals surface area contributed by atoms with E-state index in [4.69, 9.17) is 9.47 Å². The van der Waals surface area contributed by atoms with E-state index in [0.29, 0.717) is 22.8 Å². The van der Waals surface area contributed by atoms with Gasteiger partial charge in [-0.1, -0.05) is 18.2 Å². The van der Waals surface area contributed by atoms with Gasteiger partial charge in [-0.05, 0) is 38.1 Å². The lowest BCUT2D eigenvalue weighted by Crippen LogP contribution is -2.22. The van der Waals surface area contributed by atoms with Crippen molar-refractivity contribution in [2.45, 2.75) is 13.8 Å². The number of benzene rings is 2. The first kappa shape index (κ1) is 18.9. The molecule has 0 unspecified atom stereocenters. The lowest BCUT2D eigenvalue weighted by atomic mass is 10.1. The Morgan fingerprint density at radius 3 is 2.65 bits per heavy atom. The third kappa shape index (κ3) is 3.31. The van der Waals surface area contributed by atoms with E-state index in [9.17, 15) is 4.79 Å². The molecule has 1 N–H and O–H groups in total. The maximum absolute atomic E-state index is 13.0. The fraction of sp³-hybridized carbons (Fsp3) is 0.174. The van der Waals surface area contributed by atoms with E-state index >= 15 is 0 Å². The summed E-state index contributed by atoms with van der Waals surface area (Å²) in [6, 6.07) is 15.2. The molecule has 0 saturated heterocycles. The van der Waals surface area contributed by atoms with E-state index in [2.05, 4.69) is 15.5 Å². The Morgan fingerprint density at radius 1 is 1.13 bits per heavy atom. The van der Waals surface area contributed by atoms with E-state index in [1.54, 1.807) is 15.6 Å².